The van der Waals surface area contributed by atoms with Crippen molar-refractivity contribution in [3.05, 3.63) is 84.4 Å². The first-order valence-corrected chi connectivity index (χ1v) is 8.45. The summed E-state index contributed by atoms with van der Waals surface area (Å²) in [4.78, 5) is 14.0. The molecule has 0 aliphatic heterocycles. The zero-order chi connectivity index (χ0) is 17.8. The molecule has 1 N–H and O–H groups in total. The summed E-state index contributed by atoms with van der Waals surface area (Å²) in [5.74, 6) is 0.653. The van der Waals surface area contributed by atoms with Gasteiger partial charge in [0.1, 0.15) is 0 Å². The van der Waals surface area contributed by atoms with Crippen LogP contribution in [-0.2, 0) is 17.9 Å². The number of hydrogen-bond acceptors (Lipinski definition) is 4. The molecule has 0 saturated heterocycles. The summed E-state index contributed by atoms with van der Waals surface area (Å²) >= 11 is 0. The minimum absolute atomic E-state index is 0. The van der Waals surface area contributed by atoms with E-state index < -0.39 is 0 Å². The number of anilines is 1. The van der Waals surface area contributed by atoms with Crippen molar-refractivity contribution in [1.82, 2.24) is 14.5 Å². The Labute approximate surface area is 168 Å². The monoisotopic (exact) mass is 425 g/mol. The van der Waals surface area contributed by atoms with E-state index in [0.717, 1.165) is 24.3 Å². The van der Waals surface area contributed by atoms with Gasteiger partial charge < -0.3 is 17.0 Å². The SMILES string of the molecule is CONc1ncnc2c1n(Cc1ccccc1)c[n+]2Cc1ccccc1.[Br-]. The summed E-state index contributed by atoms with van der Waals surface area (Å²) in [5, 5.41) is 0. The van der Waals surface area contributed by atoms with E-state index in [9.17, 15) is 0 Å². The van der Waals surface area contributed by atoms with Crippen molar-refractivity contribution < 1.29 is 26.4 Å². The molecule has 0 amide bonds. The Morgan fingerprint density at radius 1 is 0.963 bits per heavy atom. The maximum Gasteiger partial charge on any atom is 0.307 e. The third-order valence-corrected chi connectivity index (χ3v) is 4.23. The van der Waals surface area contributed by atoms with E-state index in [2.05, 4.69) is 55.2 Å². The van der Waals surface area contributed by atoms with Crippen LogP contribution >= 0.6 is 0 Å². The van der Waals surface area contributed by atoms with Crippen molar-refractivity contribution in [3.63, 3.8) is 0 Å². The second kappa shape index (κ2) is 8.75. The van der Waals surface area contributed by atoms with Crippen LogP contribution in [0.4, 0.5) is 5.82 Å². The van der Waals surface area contributed by atoms with Crippen molar-refractivity contribution in [2.75, 3.05) is 12.6 Å². The molecule has 0 atom stereocenters. The normalized spacial score (nSPS) is 10.6. The number of benzene rings is 2. The molecule has 0 bridgehead atoms. The quantitative estimate of drug-likeness (QED) is 0.343. The van der Waals surface area contributed by atoms with Crippen LogP contribution in [-0.4, -0.2) is 21.6 Å². The molecule has 138 valence electrons. The number of fused-ring (bicyclic) bond motifs is 1. The van der Waals surface area contributed by atoms with Crippen molar-refractivity contribution >= 4 is 17.0 Å². The van der Waals surface area contributed by atoms with Gasteiger partial charge >= 0.3 is 5.65 Å². The summed E-state index contributed by atoms with van der Waals surface area (Å²) in [6.45, 7) is 1.47. The van der Waals surface area contributed by atoms with Crippen LogP contribution in [0.3, 0.4) is 0 Å². The Kier molecular flexibility index (Phi) is 6.16. The van der Waals surface area contributed by atoms with Crippen molar-refractivity contribution in [1.29, 1.82) is 0 Å². The van der Waals surface area contributed by atoms with E-state index in [1.54, 1.807) is 13.4 Å². The second-order valence-electron chi connectivity index (χ2n) is 6.04. The van der Waals surface area contributed by atoms with Crippen LogP contribution in [0, 0.1) is 0 Å². The van der Waals surface area contributed by atoms with Crippen LogP contribution in [0.25, 0.3) is 11.2 Å². The number of nitrogens with one attached hydrogen (secondary N) is 1. The van der Waals surface area contributed by atoms with E-state index in [1.165, 1.54) is 11.1 Å². The smallest absolute Gasteiger partial charge is 0.307 e. The zero-order valence-corrected chi connectivity index (χ0v) is 16.5. The molecule has 4 aromatic rings. The van der Waals surface area contributed by atoms with E-state index in [1.807, 2.05) is 36.4 Å². The Morgan fingerprint density at radius 3 is 2.30 bits per heavy atom. The molecule has 6 nitrogen and oxygen atoms in total. The molecule has 0 spiro atoms. The van der Waals surface area contributed by atoms with E-state index in [4.69, 9.17) is 4.84 Å². The number of hydrogen-bond donors (Lipinski definition) is 1. The van der Waals surface area contributed by atoms with Crippen LogP contribution in [0.5, 0.6) is 0 Å². The van der Waals surface area contributed by atoms with Gasteiger partial charge in [-0.3, -0.25) is 9.40 Å². The maximum absolute atomic E-state index is 5.11. The first kappa shape index (κ1) is 19.0. The van der Waals surface area contributed by atoms with Crippen LogP contribution in [0.1, 0.15) is 11.1 Å². The summed E-state index contributed by atoms with van der Waals surface area (Å²) in [5.41, 5.74) is 7.07. The van der Waals surface area contributed by atoms with Gasteiger partial charge in [-0.05, 0) is 11.1 Å². The third kappa shape index (κ3) is 4.15. The molecule has 0 radical (unpaired) electrons. The predicted molar refractivity (Wildman–Crippen MR) is 99.4 cm³/mol. The Balaban J connectivity index is 0.00000210. The van der Waals surface area contributed by atoms with Crippen LogP contribution in [0.15, 0.2) is 73.3 Å². The van der Waals surface area contributed by atoms with Gasteiger partial charge in [-0.1, -0.05) is 65.6 Å². The average Bonchev–Trinajstić information content (AvgIpc) is 3.02. The number of aromatic nitrogens is 4. The lowest BCUT2D eigenvalue weighted by molar-refractivity contribution is -0.665. The summed E-state index contributed by atoms with van der Waals surface area (Å²) in [6, 6.07) is 20.7. The lowest BCUT2D eigenvalue weighted by Crippen LogP contribution is -3.00. The lowest BCUT2D eigenvalue weighted by atomic mass is 10.2. The number of rotatable bonds is 6. The number of halogens is 1. The van der Waals surface area contributed by atoms with Gasteiger partial charge in [0.05, 0.1) is 20.2 Å². The molecule has 4 rings (SSSR count). The van der Waals surface area contributed by atoms with Gasteiger partial charge in [-0.15, -0.1) is 0 Å². The Bertz CT molecular complexity index is 1010. The molecule has 2 aromatic carbocycles. The summed E-state index contributed by atoms with van der Waals surface area (Å²) < 4.78 is 4.28. The standard InChI is InChI=1S/C20H20N5O.BrH/c1-26-23-19-18-20(22-14-21-19)25(13-17-10-6-3-7-11-17)15-24(18)12-16-8-4-2-5-9-16;/h2-11,14-15H,12-13H2,1H3,(H,21,22,23);1H/q+1;/p-1. The first-order valence-electron chi connectivity index (χ1n) is 8.45. The topological polar surface area (TPSA) is 55.9 Å². The molecule has 0 aliphatic carbocycles. The second-order valence-corrected chi connectivity index (χ2v) is 6.04. The molecule has 0 unspecified atom stereocenters. The predicted octanol–water partition coefficient (Wildman–Crippen LogP) is -0.207. The Hall–Kier alpha value is -2.77. The third-order valence-electron chi connectivity index (χ3n) is 4.23. The van der Waals surface area contributed by atoms with Gasteiger partial charge in [-0.2, -0.15) is 4.98 Å². The fourth-order valence-electron chi connectivity index (χ4n) is 3.09. The fourth-order valence-corrected chi connectivity index (χ4v) is 3.09. The minimum atomic E-state index is 0. The largest absolute Gasteiger partial charge is 1.00 e. The highest BCUT2D eigenvalue weighted by Gasteiger charge is 2.21. The lowest BCUT2D eigenvalue weighted by Gasteiger charge is -2.03. The first-order chi connectivity index (χ1) is 12.8. The molecule has 0 saturated carbocycles. The molecule has 0 fully saturated rings. The Morgan fingerprint density at radius 2 is 1.63 bits per heavy atom. The average molecular weight is 426 g/mol. The van der Waals surface area contributed by atoms with Gasteiger partial charge in [-0.25, -0.2) is 10.0 Å². The van der Waals surface area contributed by atoms with Gasteiger partial charge in [0.25, 0.3) is 0 Å². The highest BCUT2D eigenvalue weighted by Crippen LogP contribution is 2.19. The van der Waals surface area contributed by atoms with E-state index >= 15 is 0 Å². The molecule has 2 heterocycles. The van der Waals surface area contributed by atoms with Crippen molar-refractivity contribution in [2.45, 2.75) is 13.1 Å². The van der Waals surface area contributed by atoms with E-state index in [0.29, 0.717) is 5.82 Å². The van der Waals surface area contributed by atoms with E-state index in [-0.39, 0.29) is 17.0 Å². The molecule has 27 heavy (non-hydrogen) atoms. The minimum Gasteiger partial charge on any atom is -1.00 e. The van der Waals surface area contributed by atoms with Crippen molar-refractivity contribution in [3.8, 4) is 0 Å². The highest BCUT2D eigenvalue weighted by molar-refractivity contribution is 5.80. The van der Waals surface area contributed by atoms with Gasteiger partial charge in [0.2, 0.25) is 5.52 Å². The maximum atomic E-state index is 5.11. The van der Waals surface area contributed by atoms with Crippen LogP contribution < -0.4 is 27.0 Å². The number of nitrogens with zero attached hydrogens (tertiary/aromatic N) is 4. The highest BCUT2D eigenvalue weighted by atomic mass is 79.9. The van der Waals surface area contributed by atoms with Gasteiger partial charge in [0, 0.05) is 0 Å². The zero-order valence-electron chi connectivity index (χ0n) is 14.9. The molecular formula is C20H20BrN5O. The molecule has 7 heteroatoms. The van der Waals surface area contributed by atoms with Crippen molar-refractivity contribution in [2.24, 2.45) is 0 Å². The van der Waals surface area contributed by atoms with Crippen LogP contribution in [0.2, 0.25) is 0 Å². The summed E-state index contributed by atoms with van der Waals surface area (Å²) in [7, 11) is 1.58. The molecular weight excluding hydrogens is 406 g/mol. The molecule has 2 aromatic heterocycles. The van der Waals surface area contributed by atoms with Gasteiger partial charge in [0.15, 0.2) is 18.5 Å². The molecule has 0 aliphatic rings. The number of imidazole rings is 1. The fraction of sp³-hybridized carbons (Fsp3) is 0.150. The summed E-state index contributed by atoms with van der Waals surface area (Å²) in [6.07, 6.45) is 3.64.